The van der Waals surface area contributed by atoms with E-state index < -0.39 is 0 Å². The molecule has 0 aliphatic heterocycles. The molecule has 0 amide bonds. The molecule has 0 aliphatic rings. The fourth-order valence-corrected chi connectivity index (χ4v) is 2.45. The maximum atomic E-state index is 8.96. The summed E-state index contributed by atoms with van der Waals surface area (Å²) < 4.78 is 0. The van der Waals surface area contributed by atoms with E-state index in [1.165, 1.54) is 0 Å². The number of anilines is 2. The average Bonchev–Trinajstić information content (AvgIpc) is 2.44. The molecule has 4 heteroatoms. The van der Waals surface area contributed by atoms with E-state index in [9.17, 15) is 0 Å². The van der Waals surface area contributed by atoms with Gasteiger partial charge in [-0.2, -0.15) is 5.26 Å². The Morgan fingerprint density at radius 1 is 1.24 bits per heavy atom. The highest BCUT2D eigenvalue weighted by atomic mass is 35.5. The summed E-state index contributed by atoms with van der Waals surface area (Å²) >= 11 is 6.14. The number of nitrogen functional groups attached to an aromatic ring is 1. The van der Waals surface area contributed by atoms with E-state index >= 15 is 0 Å². The van der Waals surface area contributed by atoms with Crippen molar-refractivity contribution in [3.63, 3.8) is 0 Å². The maximum Gasteiger partial charge on any atom is 0.101 e. The zero-order valence-electron chi connectivity index (χ0n) is 12.2. The fraction of sp³-hybridized carbons (Fsp3) is 0.235. The topological polar surface area (TPSA) is 53.0 Å². The third-order valence-corrected chi connectivity index (χ3v) is 3.64. The van der Waals surface area contributed by atoms with Crippen LogP contribution < -0.4 is 10.6 Å². The van der Waals surface area contributed by atoms with Crippen LogP contribution >= 0.6 is 11.6 Å². The summed E-state index contributed by atoms with van der Waals surface area (Å²) in [6.45, 7) is 4.99. The summed E-state index contributed by atoms with van der Waals surface area (Å²) in [5.74, 6) is 0. The van der Waals surface area contributed by atoms with Gasteiger partial charge in [-0.3, -0.25) is 0 Å². The Balaban J connectivity index is 2.31. The second-order valence-corrected chi connectivity index (χ2v) is 5.65. The minimum atomic E-state index is 0.301. The highest BCUT2D eigenvalue weighted by Gasteiger charge is 2.13. The molecule has 0 aromatic heterocycles. The molecule has 21 heavy (non-hydrogen) atoms. The second-order valence-electron chi connectivity index (χ2n) is 5.24. The number of rotatable bonds is 4. The fourth-order valence-electron chi connectivity index (χ4n) is 2.23. The van der Waals surface area contributed by atoms with Gasteiger partial charge in [-0.25, -0.2) is 0 Å². The monoisotopic (exact) mass is 299 g/mol. The first-order valence-corrected chi connectivity index (χ1v) is 7.19. The molecule has 0 atom stereocenters. The number of hydrogen-bond donors (Lipinski definition) is 1. The van der Waals surface area contributed by atoms with Gasteiger partial charge in [0.15, 0.2) is 0 Å². The predicted octanol–water partition coefficient (Wildman–Crippen LogP) is 4.21. The van der Waals surface area contributed by atoms with Gasteiger partial charge in [0.25, 0.3) is 0 Å². The molecule has 0 aliphatic carbocycles. The van der Waals surface area contributed by atoms with Crippen LogP contribution in [0.1, 0.15) is 25.0 Å². The van der Waals surface area contributed by atoms with E-state index in [4.69, 9.17) is 22.6 Å². The normalized spacial score (nSPS) is 10.4. The molecule has 2 rings (SSSR count). The van der Waals surface area contributed by atoms with Crippen molar-refractivity contribution in [2.45, 2.75) is 26.4 Å². The van der Waals surface area contributed by atoms with Crippen molar-refractivity contribution in [1.82, 2.24) is 0 Å². The third kappa shape index (κ3) is 3.68. The molecule has 0 saturated heterocycles. The summed E-state index contributed by atoms with van der Waals surface area (Å²) in [6, 6.07) is 15.8. The number of nitrogens with zero attached hydrogens (tertiary/aromatic N) is 2. The van der Waals surface area contributed by atoms with Crippen LogP contribution in [0.2, 0.25) is 5.02 Å². The lowest BCUT2D eigenvalue weighted by Gasteiger charge is -2.29. The van der Waals surface area contributed by atoms with Crippen molar-refractivity contribution in [3.8, 4) is 6.07 Å². The van der Waals surface area contributed by atoms with Crippen LogP contribution in [-0.4, -0.2) is 6.04 Å². The van der Waals surface area contributed by atoms with Crippen molar-refractivity contribution in [1.29, 1.82) is 5.26 Å². The van der Waals surface area contributed by atoms with Gasteiger partial charge in [-0.15, -0.1) is 0 Å². The van der Waals surface area contributed by atoms with E-state index in [-0.39, 0.29) is 0 Å². The molecule has 2 aromatic rings. The molecule has 108 valence electrons. The van der Waals surface area contributed by atoms with Crippen molar-refractivity contribution in [2.24, 2.45) is 0 Å². The van der Waals surface area contributed by atoms with Crippen LogP contribution in [0.25, 0.3) is 0 Å². The first-order chi connectivity index (χ1) is 10.0. The summed E-state index contributed by atoms with van der Waals surface area (Å²) in [7, 11) is 0. The van der Waals surface area contributed by atoms with Gasteiger partial charge in [0.05, 0.1) is 10.6 Å². The van der Waals surface area contributed by atoms with Gasteiger partial charge in [-0.1, -0.05) is 23.7 Å². The number of nitriles is 1. The van der Waals surface area contributed by atoms with Crippen molar-refractivity contribution in [2.75, 3.05) is 10.6 Å². The van der Waals surface area contributed by atoms with E-state index in [0.29, 0.717) is 16.6 Å². The van der Waals surface area contributed by atoms with Gasteiger partial charge < -0.3 is 10.6 Å². The van der Waals surface area contributed by atoms with E-state index in [1.807, 2.05) is 30.3 Å². The quantitative estimate of drug-likeness (QED) is 0.860. The predicted molar refractivity (Wildman–Crippen MR) is 88.3 cm³/mol. The van der Waals surface area contributed by atoms with E-state index in [1.54, 1.807) is 6.07 Å². The molecule has 0 radical (unpaired) electrons. The number of hydrogen-bond acceptors (Lipinski definition) is 3. The van der Waals surface area contributed by atoms with Crippen molar-refractivity contribution < 1.29 is 0 Å². The molecule has 0 fully saturated rings. The summed E-state index contributed by atoms with van der Waals surface area (Å²) in [6.07, 6.45) is 0. The lowest BCUT2D eigenvalue weighted by Crippen LogP contribution is -2.30. The SMILES string of the molecule is CC(C)N(Cc1cccc(N)c1)c1ccc(C#N)c(Cl)c1. The first kappa shape index (κ1) is 15.2. The van der Waals surface area contributed by atoms with Gasteiger partial charge in [-0.05, 0) is 49.7 Å². The van der Waals surface area contributed by atoms with Crippen molar-refractivity contribution in [3.05, 3.63) is 58.6 Å². The Morgan fingerprint density at radius 2 is 2.00 bits per heavy atom. The lowest BCUT2D eigenvalue weighted by atomic mass is 10.1. The van der Waals surface area contributed by atoms with Crippen molar-refractivity contribution >= 4 is 23.0 Å². The molecule has 2 N–H and O–H groups in total. The lowest BCUT2D eigenvalue weighted by molar-refractivity contribution is 0.682. The Hall–Kier alpha value is -2.18. The largest absolute Gasteiger partial charge is 0.399 e. The molecule has 0 bridgehead atoms. The smallest absolute Gasteiger partial charge is 0.101 e. The van der Waals surface area contributed by atoms with Gasteiger partial charge >= 0.3 is 0 Å². The van der Waals surface area contributed by atoms with Crippen LogP contribution in [0.5, 0.6) is 0 Å². The zero-order chi connectivity index (χ0) is 15.4. The Kier molecular flexibility index (Phi) is 4.72. The summed E-state index contributed by atoms with van der Waals surface area (Å²) in [5.41, 5.74) is 9.23. The molecule has 0 saturated carbocycles. The van der Waals surface area contributed by atoms with Crippen LogP contribution in [0.15, 0.2) is 42.5 Å². The Morgan fingerprint density at radius 3 is 2.57 bits per heavy atom. The minimum absolute atomic E-state index is 0.301. The highest BCUT2D eigenvalue weighted by Crippen LogP contribution is 2.26. The van der Waals surface area contributed by atoms with Gasteiger partial charge in [0, 0.05) is 24.0 Å². The molecule has 3 nitrogen and oxygen atoms in total. The number of halogens is 1. The van der Waals surface area contributed by atoms with Gasteiger partial charge in [0.2, 0.25) is 0 Å². The molecule has 2 aromatic carbocycles. The summed E-state index contributed by atoms with van der Waals surface area (Å²) in [5, 5.41) is 9.44. The second kappa shape index (κ2) is 6.51. The zero-order valence-corrected chi connectivity index (χ0v) is 12.9. The average molecular weight is 300 g/mol. The maximum absolute atomic E-state index is 8.96. The van der Waals surface area contributed by atoms with E-state index in [2.05, 4.69) is 30.9 Å². The van der Waals surface area contributed by atoms with Crippen LogP contribution in [0, 0.1) is 11.3 Å². The molecular formula is C17H18ClN3. The molecule has 0 spiro atoms. The first-order valence-electron chi connectivity index (χ1n) is 6.82. The third-order valence-electron chi connectivity index (χ3n) is 3.33. The molecular weight excluding hydrogens is 282 g/mol. The minimum Gasteiger partial charge on any atom is -0.399 e. The van der Waals surface area contributed by atoms with Crippen LogP contribution in [0.4, 0.5) is 11.4 Å². The number of nitrogens with two attached hydrogens (primary N) is 1. The Bertz CT molecular complexity index is 674. The standard InChI is InChI=1S/C17H18ClN3/c1-12(2)21(11-13-4-3-5-15(20)8-13)16-7-6-14(10-19)17(18)9-16/h3-9,12H,11,20H2,1-2H3. The molecule has 0 unspecified atom stereocenters. The summed E-state index contributed by atoms with van der Waals surface area (Å²) in [4.78, 5) is 2.22. The van der Waals surface area contributed by atoms with Crippen LogP contribution in [0.3, 0.4) is 0 Å². The number of benzene rings is 2. The van der Waals surface area contributed by atoms with E-state index in [0.717, 1.165) is 23.5 Å². The van der Waals surface area contributed by atoms with Gasteiger partial charge in [0.1, 0.15) is 6.07 Å². The Labute approximate surface area is 130 Å². The molecule has 0 heterocycles. The van der Waals surface area contributed by atoms with Crippen LogP contribution in [-0.2, 0) is 6.54 Å². The highest BCUT2D eigenvalue weighted by molar-refractivity contribution is 6.32.